The Bertz CT molecular complexity index is 648. The number of aryl methyl sites for hydroxylation is 1. The van der Waals surface area contributed by atoms with Gasteiger partial charge in [0.25, 0.3) is 5.91 Å². The molecule has 0 aliphatic carbocycles. The Morgan fingerprint density at radius 1 is 1.32 bits per heavy atom. The van der Waals surface area contributed by atoms with Crippen molar-refractivity contribution in [2.75, 3.05) is 13.1 Å². The monoisotopic (exact) mass is 336 g/mol. The number of nitrogens with zero attached hydrogens (tertiary/aromatic N) is 2. The van der Waals surface area contributed by atoms with E-state index in [1.807, 2.05) is 24.0 Å². The number of hydrogen-bond acceptors (Lipinski definition) is 4. The van der Waals surface area contributed by atoms with E-state index in [2.05, 4.69) is 4.98 Å². The number of rotatable bonds is 3. The van der Waals surface area contributed by atoms with E-state index in [1.165, 1.54) is 11.3 Å². The van der Waals surface area contributed by atoms with Gasteiger partial charge in [0.1, 0.15) is 11.9 Å². The SMILES string of the molecule is Cc1ccc(OC2CCN(C(=O)c3ccc(Cl)s3)CC2)cn1. The predicted molar refractivity (Wildman–Crippen MR) is 87.9 cm³/mol. The molecular formula is C16H17ClN2O2S. The number of hydrogen-bond donors (Lipinski definition) is 0. The van der Waals surface area contributed by atoms with Crippen LogP contribution < -0.4 is 4.74 Å². The molecule has 0 atom stereocenters. The van der Waals surface area contributed by atoms with Gasteiger partial charge in [-0.2, -0.15) is 0 Å². The summed E-state index contributed by atoms with van der Waals surface area (Å²) < 4.78 is 6.58. The summed E-state index contributed by atoms with van der Waals surface area (Å²) in [6.45, 7) is 3.36. The lowest BCUT2D eigenvalue weighted by molar-refractivity contribution is 0.0599. The van der Waals surface area contributed by atoms with Crippen LogP contribution in [0.5, 0.6) is 5.75 Å². The summed E-state index contributed by atoms with van der Waals surface area (Å²) in [4.78, 5) is 19.1. The number of aromatic nitrogens is 1. The van der Waals surface area contributed by atoms with Gasteiger partial charge in [0, 0.05) is 31.6 Å². The maximum atomic E-state index is 12.3. The Kier molecular flexibility index (Phi) is 4.64. The molecule has 0 N–H and O–H groups in total. The molecule has 0 spiro atoms. The summed E-state index contributed by atoms with van der Waals surface area (Å²) in [6.07, 6.45) is 3.55. The van der Waals surface area contributed by atoms with Crippen molar-refractivity contribution in [2.24, 2.45) is 0 Å². The summed E-state index contributed by atoms with van der Waals surface area (Å²) in [5, 5.41) is 0. The van der Waals surface area contributed by atoms with E-state index >= 15 is 0 Å². The smallest absolute Gasteiger partial charge is 0.263 e. The molecule has 0 unspecified atom stereocenters. The average Bonchev–Trinajstić information content (AvgIpc) is 2.96. The fourth-order valence-corrected chi connectivity index (χ4v) is 3.49. The third-order valence-electron chi connectivity index (χ3n) is 3.70. The van der Waals surface area contributed by atoms with Crippen LogP contribution in [0.1, 0.15) is 28.2 Å². The lowest BCUT2D eigenvalue weighted by Gasteiger charge is -2.31. The van der Waals surface area contributed by atoms with Gasteiger partial charge in [-0.15, -0.1) is 11.3 Å². The van der Waals surface area contributed by atoms with Crippen molar-refractivity contribution in [1.82, 2.24) is 9.88 Å². The highest BCUT2D eigenvalue weighted by atomic mass is 35.5. The van der Waals surface area contributed by atoms with Crippen LogP contribution in [0.15, 0.2) is 30.5 Å². The number of piperidine rings is 1. The van der Waals surface area contributed by atoms with Gasteiger partial charge in [-0.25, -0.2) is 0 Å². The second-order valence-corrected chi connectivity index (χ2v) is 7.06. The third-order valence-corrected chi connectivity index (χ3v) is 4.92. The van der Waals surface area contributed by atoms with Gasteiger partial charge < -0.3 is 9.64 Å². The number of thiophene rings is 1. The third kappa shape index (κ3) is 3.59. The van der Waals surface area contributed by atoms with Crippen molar-refractivity contribution in [3.63, 3.8) is 0 Å². The Morgan fingerprint density at radius 3 is 2.68 bits per heavy atom. The van der Waals surface area contributed by atoms with Crippen LogP contribution in [0, 0.1) is 6.92 Å². The molecule has 0 radical (unpaired) electrons. The van der Waals surface area contributed by atoms with Crippen LogP contribution >= 0.6 is 22.9 Å². The minimum Gasteiger partial charge on any atom is -0.489 e. The minimum atomic E-state index is 0.0624. The first-order chi connectivity index (χ1) is 10.6. The molecule has 0 bridgehead atoms. The second-order valence-electron chi connectivity index (χ2n) is 5.35. The van der Waals surface area contributed by atoms with Gasteiger partial charge in [-0.3, -0.25) is 9.78 Å². The first kappa shape index (κ1) is 15.3. The van der Waals surface area contributed by atoms with Crippen molar-refractivity contribution in [3.05, 3.63) is 45.4 Å². The molecule has 4 nitrogen and oxygen atoms in total. The van der Waals surface area contributed by atoms with Crippen LogP contribution in [-0.4, -0.2) is 35.0 Å². The largest absolute Gasteiger partial charge is 0.489 e. The topological polar surface area (TPSA) is 42.4 Å². The van der Waals surface area contributed by atoms with E-state index < -0.39 is 0 Å². The molecule has 2 aromatic heterocycles. The standard InChI is InChI=1S/C16H17ClN2O2S/c1-11-2-3-13(10-18-11)21-12-6-8-19(9-7-12)16(20)14-4-5-15(17)22-14/h2-5,10,12H,6-9H2,1H3. The zero-order valence-electron chi connectivity index (χ0n) is 12.3. The van der Waals surface area contributed by atoms with Crippen LogP contribution in [0.4, 0.5) is 0 Å². The lowest BCUT2D eigenvalue weighted by Crippen LogP contribution is -2.41. The van der Waals surface area contributed by atoms with E-state index in [4.69, 9.17) is 16.3 Å². The van der Waals surface area contributed by atoms with Gasteiger partial charge in [0.15, 0.2) is 0 Å². The maximum absolute atomic E-state index is 12.3. The maximum Gasteiger partial charge on any atom is 0.263 e. The molecule has 22 heavy (non-hydrogen) atoms. The highest BCUT2D eigenvalue weighted by Gasteiger charge is 2.25. The highest BCUT2D eigenvalue weighted by Crippen LogP contribution is 2.25. The Balaban J connectivity index is 1.54. The zero-order valence-corrected chi connectivity index (χ0v) is 13.9. The zero-order chi connectivity index (χ0) is 15.5. The molecule has 3 heterocycles. The van der Waals surface area contributed by atoms with Gasteiger partial charge in [0.05, 0.1) is 15.4 Å². The van der Waals surface area contributed by atoms with Crippen molar-refractivity contribution in [3.8, 4) is 5.75 Å². The van der Waals surface area contributed by atoms with E-state index in [1.54, 1.807) is 18.3 Å². The number of pyridine rings is 1. The first-order valence-electron chi connectivity index (χ1n) is 7.26. The molecular weight excluding hydrogens is 320 g/mol. The average molecular weight is 337 g/mol. The number of likely N-dealkylation sites (tertiary alicyclic amines) is 1. The van der Waals surface area contributed by atoms with Gasteiger partial charge in [0.2, 0.25) is 0 Å². The van der Waals surface area contributed by atoms with E-state index in [-0.39, 0.29) is 12.0 Å². The van der Waals surface area contributed by atoms with Gasteiger partial charge in [-0.1, -0.05) is 11.6 Å². The lowest BCUT2D eigenvalue weighted by atomic mass is 10.1. The summed E-state index contributed by atoms with van der Waals surface area (Å²) >= 11 is 7.22. The second kappa shape index (κ2) is 6.67. The fraction of sp³-hybridized carbons (Fsp3) is 0.375. The van der Waals surface area contributed by atoms with E-state index in [0.717, 1.165) is 24.3 Å². The van der Waals surface area contributed by atoms with E-state index in [0.29, 0.717) is 22.3 Å². The molecule has 116 valence electrons. The van der Waals surface area contributed by atoms with E-state index in [9.17, 15) is 4.79 Å². The molecule has 6 heteroatoms. The number of carbonyl (C=O) groups excluding carboxylic acids is 1. The van der Waals surface area contributed by atoms with Crippen molar-refractivity contribution in [2.45, 2.75) is 25.9 Å². The van der Waals surface area contributed by atoms with Crippen LogP contribution in [0.2, 0.25) is 4.34 Å². The molecule has 2 aromatic rings. The summed E-state index contributed by atoms with van der Waals surface area (Å²) in [6, 6.07) is 7.43. The number of carbonyl (C=O) groups is 1. The molecule has 1 saturated heterocycles. The van der Waals surface area contributed by atoms with Crippen molar-refractivity contribution < 1.29 is 9.53 Å². The first-order valence-corrected chi connectivity index (χ1v) is 8.45. The highest BCUT2D eigenvalue weighted by molar-refractivity contribution is 7.17. The summed E-state index contributed by atoms with van der Waals surface area (Å²) in [5.41, 5.74) is 0.974. The molecule has 0 saturated carbocycles. The number of amides is 1. The van der Waals surface area contributed by atoms with Crippen LogP contribution in [-0.2, 0) is 0 Å². The molecule has 1 aliphatic heterocycles. The van der Waals surface area contributed by atoms with Gasteiger partial charge >= 0.3 is 0 Å². The minimum absolute atomic E-state index is 0.0624. The normalized spacial score (nSPS) is 15.8. The summed E-state index contributed by atoms with van der Waals surface area (Å²) in [5.74, 6) is 0.854. The van der Waals surface area contributed by atoms with Crippen molar-refractivity contribution >= 4 is 28.8 Å². The van der Waals surface area contributed by atoms with Gasteiger partial charge in [-0.05, 0) is 31.2 Å². The number of ether oxygens (including phenoxy) is 1. The number of halogens is 1. The Labute approximate surface area is 138 Å². The molecule has 1 fully saturated rings. The quantitative estimate of drug-likeness (QED) is 0.856. The van der Waals surface area contributed by atoms with Crippen molar-refractivity contribution in [1.29, 1.82) is 0 Å². The van der Waals surface area contributed by atoms with Crippen LogP contribution in [0.25, 0.3) is 0 Å². The molecule has 3 rings (SSSR count). The fourth-order valence-electron chi connectivity index (χ4n) is 2.48. The summed E-state index contributed by atoms with van der Waals surface area (Å²) in [7, 11) is 0. The molecule has 1 aliphatic rings. The predicted octanol–water partition coefficient (Wildman–Crippen LogP) is 3.79. The molecule has 1 amide bonds. The molecule has 0 aromatic carbocycles. The van der Waals surface area contributed by atoms with Crippen LogP contribution in [0.3, 0.4) is 0 Å². The Morgan fingerprint density at radius 2 is 2.09 bits per heavy atom. The Hall–Kier alpha value is -1.59.